The Hall–Kier alpha value is -1.83. The molecule has 0 bridgehead atoms. The van der Waals surface area contributed by atoms with Crippen LogP contribution in [-0.4, -0.2) is 43.1 Å². The molecule has 4 nitrogen and oxygen atoms in total. The maximum Gasteiger partial charge on any atom is 0.130 e. The van der Waals surface area contributed by atoms with E-state index in [0.717, 1.165) is 42.9 Å². The maximum absolute atomic E-state index is 9.34. The number of hydrogen-bond donors (Lipinski definition) is 0. The maximum atomic E-state index is 9.34. The monoisotopic (exact) mass is 286 g/mol. The summed E-state index contributed by atoms with van der Waals surface area (Å²) in [5, 5.41) is 10.8. The first-order chi connectivity index (χ1) is 9.67. The fourth-order valence-corrected chi connectivity index (χ4v) is 2.65. The summed E-state index contributed by atoms with van der Waals surface area (Å²) >= 11 is 6.00. The Kier molecular flexibility index (Phi) is 3.47. The predicted molar refractivity (Wildman–Crippen MR) is 81.2 cm³/mol. The second-order valence-electron chi connectivity index (χ2n) is 5.09. The van der Waals surface area contributed by atoms with Crippen LogP contribution in [0.2, 0.25) is 5.02 Å². The van der Waals surface area contributed by atoms with Crippen LogP contribution in [0.4, 0.5) is 5.82 Å². The molecule has 0 amide bonds. The van der Waals surface area contributed by atoms with E-state index in [1.165, 1.54) is 0 Å². The van der Waals surface area contributed by atoms with E-state index >= 15 is 0 Å². The number of aromatic nitrogens is 1. The molecule has 102 valence electrons. The lowest BCUT2D eigenvalue weighted by atomic mass is 10.1. The molecule has 3 rings (SSSR count). The molecule has 2 aromatic rings. The Labute approximate surface area is 123 Å². The molecule has 1 saturated heterocycles. The van der Waals surface area contributed by atoms with Gasteiger partial charge in [0.1, 0.15) is 5.82 Å². The highest BCUT2D eigenvalue weighted by molar-refractivity contribution is 6.31. The van der Waals surface area contributed by atoms with Crippen LogP contribution in [-0.2, 0) is 0 Å². The number of hydrogen-bond acceptors (Lipinski definition) is 4. The quantitative estimate of drug-likeness (QED) is 0.808. The zero-order chi connectivity index (χ0) is 14.1. The largest absolute Gasteiger partial charge is 0.354 e. The molecule has 0 saturated carbocycles. The number of piperazine rings is 1. The molecule has 0 aliphatic carbocycles. The fraction of sp³-hybridized carbons (Fsp3) is 0.333. The molecule has 5 heteroatoms. The first-order valence-corrected chi connectivity index (χ1v) is 6.99. The Morgan fingerprint density at radius 1 is 1.20 bits per heavy atom. The van der Waals surface area contributed by atoms with Gasteiger partial charge in [-0.3, -0.25) is 0 Å². The summed E-state index contributed by atoms with van der Waals surface area (Å²) in [5.41, 5.74) is 1.45. The SMILES string of the molecule is CN1CCN(c2cc(C#N)c3cc(Cl)ccc3n2)CC1. The van der Waals surface area contributed by atoms with Crippen molar-refractivity contribution < 1.29 is 0 Å². The van der Waals surface area contributed by atoms with Gasteiger partial charge in [0.25, 0.3) is 0 Å². The molecule has 1 aliphatic heterocycles. The number of likely N-dealkylation sites (N-methyl/N-ethyl adjacent to an activating group) is 1. The number of benzene rings is 1. The van der Waals surface area contributed by atoms with E-state index in [-0.39, 0.29) is 0 Å². The lowest BCUT2D eigenvalue weighted by Gasteiger charge is -2.33. The van der Waals surface area contributed by atoms with Crippen molar-refractivity contribution in [1.82, 2.24) is 9.88 Å². The number of nitrogens with zero attached hydrogens (tertiary/aromatic N) is 4. The minimum atomic E-state index is 0.628. The molecular weight excluding hydrogens is 272 g/mol. The molecule has 20 heavy (non-hydrogen) atoms. The average Bonchev–Trinajstić information content (AvgIpc) is 2.47. The van der Waals surface area contributed by atoms with E-state index in [4.69, 9.17) is 11.6 Å². The van der Waals surface area contributed by atoms with Crippen LogP contribution in [0.1, 0.15) is 5.56 Å². The van der Waals surface area contributed by atoms with Crippen LogP contribution < -0.4 is 4.90 Å². The minimum Gasteiger partial charge on any atom is -0.354 e. The third-order valence-corrected chi connectivity index (χ3v) is 3.94. The van der Waals surface area contributed by atoms with Crippen molar-refractivity contribution in [3.63, 3.8) is 0 Å². The van der Waals surface area contributed by atoms with E-state index in [0.29, 0.717) is 10.6 Å². The van der Waals surface area contributed by atoms with Crippen LogP contribution in [0.25, 0.3) is 10.9 Å². The minimum absolute atomic E-state index is 0.628. The van der Waals surface area contributed by atoms with Gasteiger partial charge >= 0.3 is 0 Å². The molecule has 0 atom stereocenters. The Morgan fingerprint density at radius 2 is 1.95 bits per heavy atom. The van der Waals surface area contributed by atoms with Crippen LogP contribution in [0.15, 0.2) is 24.3 Å². The topological polar surface area (TPSA) is 43.2 Å². The third-order valence-electron chi connectivity index (χ3n) is 3.70. The van der Waals surface area contributed by atoms with Crippen molar-refractivity contribution in [2.75, 3.05) is 38.1 Å². The Bertz CT molecular complexity index is 684. The Balaban J connectivity index is 2.05. The molecule has 0 N–H and O–H groups in total. The second kappa shape index (κ2) is 5.28. The molecule has 2 heterocycles. The van der Waals surface area contributed by atoms with Crippen molar-refractivity contribution in [2.24, 2.45) is 0 Å². The summed E-state index contributed by atoms with van der Waals surface area (Å²) in [7, 11) is 2.12. The lowest BCUT2D eigenvalue weighted by molar-refractivity contribution is 0.312. The molecule has 1 aromatic heterocycles. The number of fused-ring (bicyclic) bond motifs is 1. The van der Waals surface area contributed by atoms with E-state index in [1.807, 2.05) is 18.2 Å². The van der Waals surface area contributed by atoms with Gasteiger partial charge in [0.05, 0.1) is 17.1 Å². The second-order valence-corrected chi connectivity index (χ2v) is 5.53. The van der Waals surface area contributed by atoms with Gasteiger partial charge in [0.2, 0.25) is 0 Å². The normalized spacial score (nSPS) is 16.4. The number of halogens is 1. The summed E-state index contributed by atoms with van der Waals surface area (Å²) in [6.45, 7) is 3.91. The van der Waals surface area contributed by atoms with Crippen LogP contribution >= 0.6 is 11.6 Å². The van der Waals surface area contributed by atoms with Crippen molar-refractivity contribution >= 4 is 28.3 Å². The summed E-state index contributed by atoms with van der Waals surface area (Å²) < 4.78 is 0. The highest BCUT2D eigenvalue weighted by atomic mass is 35.5. The van der Waals surface area contributed by atoms with Gasteiger partial charge in [-0.05, 0) is 31.3 Å². The van der Waals surface area contributed by atoms with Crippen LogP contribution in [0.5, 0.6) is 0 Å². The highest BCUT2D eigenvalue weighted by Crippen LogP contribution is 2.25. The van der Waals surface area contributed by atoms with E-state index in [1.54, 1.807) is 6.07 Å². The summed E-state index contributed by atoms with van der Waals surface area (Å²) in [6, 6.07) is 9.60. The van der Waals surface area contributed by atoms with Crippen molar-refractivity contribution in [1.29, 1.82) is 5.26 Å². The highest BCUT2D eigenvalue weighted by Gasteiger charge is 2.17. The van der Waals surface area contributed by atoms with E-state index in [9.17, 15) is 5.26 Å². The summed E-state index contributed by atoms with van der Waals surface area (Å²) in [4.78, 5) is 9.20. The zero-order valence-electron chi connectivity index (χ0n) is 11.3. The van der Waals surface area contributed by atoms with Crippen LogP contribution in [0.3, 0.4) is 0 Å². The molecule has 0 unspecified atom stereocenters. The standard InChI is InChI=1S/C15H15ClN4/c1-19-4-6-20(7-5-19)15-8-11(10-17)13-9-12(16)2-3-14(13)18-15/h2-3,8-9H,4-7H2,1H3. The van der Waals surface area contributed by atoms with Gasteiger partial charge < -0.3 is 9.80 Å². The number of anilines is 1. The smallest absolute Gasteiger partial charge is 0.130 e. The number of rotatable bonds is 1. The zero-order valence-corrected chi connectivity index (χ0v) is 12.1. The van der Waals surface area contributed by atoms with Gasteiger partial charge in [-0.25, -0.2) is 4.98 Å². The molecule has 1 aliphatic rings. The van der Waals surface area contributed by atoms with E-state index < -0.39 is 0 Å². The Morgan fingerprint density at radius 3 is 2.65 bits per heavy atom. The van der Waals surface area contributed by atoms with Gasteiger partial charge in [-0.1, -0.05) is 11.6 Å². The van der Waals surface area contributed by atoms with Crippen molar-refractivity contribution in [3.8, 4) is 6.07 Å². The van der Waals surface area contributed by atoms with Crippen molar-refractivity contribution in [3.05, 3.63) is 34.9 Å². The molecular formula is C15H15ClN4. The number of nitriles is 1. The lowest BCUT2D eigenvalue weighted by Crippen LogP contribution is -2.44. The first-order valence-electron chi connectivity index (χ1n) is 6.61. The van der Waals surface area contributed by atoms with Gasteiger partial charge in [-0.2, -0.15) is 5.26 Å². The van der Waals surface area contributed by atoms with Gasteiger partial charge in [0.15, 0.2) is 0 Å². The summed E-state index contributed by atoms with van der Waals surface area (Å²) in [6.07, 6.45) is 0. The van der Waals surface area contributed by atoms with Gasteiger partial charge in [0, 0.05) is 36.6 Å². The average molecular weight is 287 g/mol. The molecule has 1 aromatic carbocycles. The van der Waals surface area contributed by atoms with Crippen molar-refractivity contribution in [2.45, 2.75) is 0 Å². The van der Waals surface area contributed by atoms with E-state index in [2.05, 4.69) is 27.9 Å². The molecule has 0 radical (unpaired) electrons. The number of pyridine rings is 1. The molecule has 0 spiro atoms. The molecule has 1 fully saturated rings. The van der Waals surface area contributed by atoms with Crippen LogP contribution in [0, 0.1) is 11.3 Å². The summed E-state index contributed by atoms with van der Waals surface area (Å²) in [5.74, 6) is 0.879. The predicted octanol–water partition coefficient (Wildman–Crippen LogP) is 2.51. The third kappa shape index (κ3) is 2.43. The van der Waals surface area contributed by atoms with Gasteiger partial charge in [-0.15, -0.1) is 0 Å². The first kappa shape index (κ1) is 13.2. The fourth-order valence-electron chi connectivity index (χ4n) is 2.47.